The number of ether oxygens (including phenoxy) is 2. The highest BCUT2D eigenvalue weighted by molar-refractivity contribution is 6.06. The highest BCUT2D eigenvalue weighted by atomic mass is 16.6. The predicted molar refractivity (Wildman–Crippen MR) is 96.7 cm³/mol. The lowest BCUT2D eigenvalue weighted by molar-refractivity contribution is -0.384. The summed E-state index contributed by atoms with van der Waals surface area (Å²) in [5, 5.41) is 11.5. The lowest BCUT2D eigenvalue weighted by Gasteiger charge is -2.19. The molecule has 0 saturated heterocycles. The summed E-state index contributed by atoms with van der Waals surface area (Å²) in [6.45, 7) is 8.26. The Labute approximate surface area is 156 Å². The monoisotopic (exact) mass is 375 g/mol. The molecule has 0 fully saturated rings. The van der Waals surface area contributed by atoms with Crippen LogP contribution in [0.25, 0.3) is 11.1 Å². The van der Waals surface area contributed by atoms with Crippen LogP contribution in [0.5, 0.6) is 0 Å². The van der Waals surface area contributed by atoms with Crippen LogP contribution in [0.15, 0.2) is 28.7 Å². The Morgan fingerprint density at radius 2 is 1.81 bits per heavy atom. The first kappa shape index (κ1) is 20.2. The van der Waals surface area contributed by atoms with Crippen LogP contribution in [0.1, 0.15) is 54.4 Å². The Morgan fingerprint density at radius 3 is 2.37 bits per heavy atom. The number of aryl methyl sites for hydroxylation is 1. The second-order valence-corrected chi connectivity index (χ2v) is 6.73. The van der Waals surface area contributed by atoms with Crippen LogP contribution in [-0.4, -0.2) is 29.1 Å². The summed E-state index contributed by atoms with van der Waals surface area (Å²) in [7, 11) is 0. The van der Waals surface area contributed by atoms with Crippen LogP contribution < -0.4 is 0 Å². The molecule has 1 aromatic carbocycles. The zero-order valence-electron chi connectivity index (χ0n) is 15.8. The van der Waals surface area contributed by atoms with Crippen molar-refractivity contribution in [1.29, 1.82) is 0 Å². The zero-order valence-corrected chi connectivity index (χ0v) is 15.8. The van der Waals surface area contributed by atoms with E-state index < -0.39 is 22.5 Å². The Morgan fingerprint density at radius 1 is 1.19 bits per heavy atom. The maximum absolute atomic E-state index is 12.7. The third-order valence-electron chi connectivity index (χ3n) is 3.52. The number of carbonyl (C=O) groups excluding carboxylic acids is 2. The molecule has 1 aromatic heterocycles. The number of esters is 2. The van der Waals surface area contributed by atoms with Gasteiger partial charge in [-0.3, -0.25) is 10.1 Å². The molecule has 0 unspecified atom stereocenters. The summed E-state index contributed by atoms with van der Waals surface area (Å²) in [6.07, 6.45) is 0. The van der Waals surface area contributed by atoms with Crippen molar-refractivity contribution in [2.45, 2.75) is 40.2 Å². The molecule has 0 spiro atoms. The average Bonchev–Trinajstić information content (AvgIpc) is 2.91. The van der Waals surface area contributed by atoms with Crippen LogP contribution >= 0.6 is 0 Å². The Kier molecular flexibility index (Phi) is 5.68. The van der Waals surface area contributed by atoms with E-state index in [1.54, 1.807) is 33.8 Å². The van der Waals surface area contributed by atoms with Gasteiger partial charge >= 0.3 is 11.9 Å². The third-order valence-corrected chi connectivity index (χ3v) is 3.52. The summed E-state index contributed by atoms with van der Waals surface area (Å²) in [4.78, 5) is 36.0. The molecule has 0 aliphatic carbocycles. The summed E-state index contributed by atoms with van der Waals surface area (Å²) in [5.74, 6) is -1.72. The lowest BCUT2D eigenvalue weighted by Crippen LogP contribution is -2.24. The van der Waals surface area contributed by atoms with E-state index in [-0.39, 0.29) is 40.5 Å². The fourth-order valence-electron chi connectivity index (χ4n) is 2.56. The van der Waals surface area contributed by atoms with E-state index in [0.717, 1.165) is 0 Å². The molecule has 8 heteroatoms. The van der Waals surface area contributed by atoms with Crippen LogP contribution in [0.4, 0.5) is 5.69 Å². The molecule has 144 valence electrons. The minimum atomic E-state index is -0.816. The van der Waals surface area contributed by atoms with Crippen molar-refractivity contribution in [3.05, 3.63) is 51.5 Å². The van der Waals surface area contributed by atoms with Gasteiger partial charge in [-0.15, -0.1) is 0 Å². The van der Waals surface area contributed by atoms with E-state index in [9.17, 15) is 19.7 Å². The third kappa shape index (κ3) is 4.33. The van der Waals surface area contributed by atoms with Crippen molar-refractivity contribution < 1.29 is 28.4 Å². The van der Waals surface area contributed by atoms with Crippen LogP contribution in [-0.2, 0) is 9.47 Å². The van der Waals surface area contributed by atoms with Gasteiger partial charge in [-0.1, -0.05) is 12.1 Å². The molecule has 2 rings (SSSR count). The maximum atomic E-state index is 12.7. The van der Waals surface area contributed by atoms with Crippen molar-refractivity contribution in [1.82, 2.24) is 0 Å². The quantitative estimate of drug-likeness (QED) is 0.435. The summed E-state index contributed by atoms with van der Waals surface area (Å²) < 4.78 is 15.9. The summed E-state index contributed by atoms with van der Waals surface area (Å²) >= 11 is 0. The number of furan rings is 1. The Hall–Kier alpha value is -3.16. The van der Waals surface area contributed by atoms with E-state index in [2.05, 4.69) is 0 Å². The van der Waals surface area contributed by atoms with Gasteiger partial charge in [0.25, 0.3) is 5.69 Å². The Bertz CT molecular complexity index is 890. The van der Waals surface area contributed by atoms with Crippen molar-refractivity contribution in [2.75, 3.05) is 6.61 Å². The molecular formula is C19H21NO7. The van der Waals surface area contributed by atoms with E-state index in [1.807, 2.05) is 0 Å². The number of nitrogens with zero attached hydrogens (tertiary/aromatic N) is 1. The molecule has 0 aliphatic heterocycles. The summed E-state index contributed by atoms with van der Waals surface area (Å²) in [6, 6.07) is 5.79. The predicted octanol–water partition coefficient (Wildman–Crippen LogP) is 4.30. The first-order valence-electron chi connectivity index (χ1n) is 8.34. The number of benzene rings is 1. The van der Waals surface area contributed by atoms with Crippen molar-refractivity contribution in [3.63, 3.8) is 0 Å². The van der Waals surface area contributed by atoms with Gasteiger partial charge in [0.2, 0.25) is 5.76 Å². The minimum absolute atomic E-state index is 0.00694. The van der Waals surface area contributed by atoms with Crippen molar-refractivity contribution in [2.24, 2.45) is 0 Å². The topological polar surface area (TPSA) is 109 Å². The van der Waals surface area contributed by atoms with Crippen molar-refractivity contribution >= 4 is 17.6 Å². The number of carbonyl (C=O) groups is 2. The van der Waals surface area contributed by atoms with Gasteiger partial charge in [0.05, 0.1) is 22.7 Å². The Balaban J connectivity index is 2.78. The smallest absolute Gasteiger partial charge is 0.374 e. The molecular weight excluding hydrogens is 354 g/mol. The van der Waals surface area contributed by atoms with Gasteiger partial charge in [-0.2, -0.15) is 0 Å². The number of hydrogen-bond donors (Lipinski definition) is 0. The molecule has 1 heterocycles. The highest BCUT2D eigenvalue weighted by Crippen LogP contribution is 2.39. The molecule has 2 aromatic rings. The number of nitro benzene ring substituents is 1. The highest BCUT2D eigenvalue weighted by Gasteiger charge is 2.34. The second kappa shape index (κ2) is 7.61. The van der Waals surface area contributed by atoms with Crippen LogP contribution in [0, 0.1) is 17.0 Å². The zero-order chi connectivity index (χ0) is 20.4. The first-order valence-corrected chi connectivity index (χ1v) is 8.34. The minimum Gasteiger partial charge on any atom is -0.460 e. The SMILES string of the molecule is CCOC(=O)c1oc(C)c(C(=O)OC(C)(C)C)c1-c1ccccc1[N+](=O)[O-]. The molecule has 0 aliphatic rings. The van der Waals surface area contributed by atoms with Gasteiger partial charge in [0.15, 0.2) is 0 Å². The second-order valence-electron chi connectivity index (χ2n) is 6.73. The van der Waals surface area contributed by atoms with E-state index in [0.29, 0.717) is 0 Å². The van der Waals surface area contributed by atoms with Crippen LogP contribution in [0.2, 0.25) is 0 Å². The molecule has 0 bridgehead atoms. The van der Waals surface area contributed by atoms with Gasteiger partial charge in [0, 0.05) is 6.07 Å². The standard InChI is InChI=1S/C19H21NO7/c1-6-25-18(22)16-15(12-9-7-8-10-13(12)20(23)24)14(11(2)26-16)17(21)27-19(3,4)5/h7-10H,6H2,1-5H3. The van der Waals surface area contributed by atoms with E-state index >= 15 is 0 Å². The fourth-order valence-corrected chi connectivity index (χ4v) is 2.56. The fraction of sp³-hybridized carbons (Fsp3) is 0.368. The number of nitro groups is 1. The molecule has 0 amide bonds. The van der Waals surface area contributed by atoms with Gasteiger partial charge in [0.1, 0.15) is 16.9 Å². The summed E-state index contributed by atoms with van der Waals surface area (Å²) in [5.41, 5.74) is -1.04. The van der Waals surface area contributed by atoms with Crippen LogP contribution in [0.3, 0.4) is 0 Å². The molecule has 27 heavy (non-hydrogen) atoms. The molecule has 0 atom stereocenters. The average molecular weight is 375 g/mol. The number of para-hydroxylation sites is 1. The first-order chi connectivity index (χ1) is 12.6. The number of rotatable bonds is 5. The van der Waals surface area contributed by atoms with Gasteiger partial charge < -0.3 is 13.9 Å². The van der Waals surface area contributed by atoms with Gasteiger partial charge in [-0.05, 0) is 40.7 Å². The van der Waals surface area contributed by atoms with E-state index in [1.165, 1.54) is 25.1 Å². The lowest BCUT2D eigenvalue weighted by atomic mass is 9.98. The molecule has 8 nitrogen and oxygen atoms in total. The molecule has 0 saturated carbocycles. The number of hydrogen-bond acceptors (Lipinski definition) is 7. The maximum Gasteiger partial charge on any atom is 0.374 e. The largest absolute Gasteiger partial charge is 0.460 e. The van der Waals surface area contributed by atoms with Gasteiger partial charge in [-0.25, -0.2) is 9.59 Å². The molecule has 0 N–H and O–H groups in total. The van der Waals surface area contributed by atoms with Crippen molar-refractivity contribution in [3.8, 4) is 11.1 Å². The normalized spacial score (nSPS) is 11.1. The molecule has 0 radical (unpaired) electrons. The van der Waals surface area contributed by atoms with E-state index in [4.69, 9.17) is 13.9 Å².